The molecule has 0 spiro atoms. The maximum absolute atomic E-state index is 12.2. The molecule has 3 aromatic rings. The van der Waals surface area contributed by atoms with E-state index in [1.54, 1.807) is 0 Å². The first-order chi connectivity index (χ1) is 14.6. The standard InChI is InChI=1S/C25H29N3O2/c1-18-13-19(2)16-28(15-18)23-12-11-21-9-6-10-22(25(21)27-23)30-17-24(29)26-14-20-7-4-3-5-8-20/h3-12,18-19H,13-17H2,1-2H3,(H,26,29). The Balaban J connectivity index is 1.45. The molecule has 1 aromatic heterocycles. The normalized spacial score (nSPS) is 18.9. The molecule has 1 fully saturated rings. The molecular formula is C25H29N3O2. The van der Waals surface area contributed by atoms with Crippen molar-refractivity contribution in [2.75, 3.05) is 24.6 Å². The van der Waals surface area contributed by atoms with Crippen molar-refractivity contribution in [3.8, 4) is 5.75 Å². The SMILES string of the molecule is CC1CC(C)CN(c2ccc3cccc(OCC(=O)NCc4ccccc4)c3n2)C1. The van der Waals surface area contributed by atoms with E-state index in [9.17, 15) is 4.79 Å². The second-order valence-corrected chi connectivity index (χ2v) is 8.40. The Morgan fingerprint density at radius 1 is 1.03 bits per heavy atom. The maximum atomic E-state index is 12.2. The molecule has 1 amide bonds. The third kappa shape index (κ3) is 4.90. The third-order valence-electron chi connectivity index (χ3n) is 5.55. The molecule has 1 saturated heterocycles. The van der Waals surface area contributed by atoms with Crippen LogP contribution in [0.25, 0.3) is 10.9 Å². The molecule has 0 aliphatic carbocycles. The van der Waals surface area contributed by atoms with Crippen molar-refractivity contribution >= 4 is 22.6 Å². The number of anilines is 1. The van der Waals surface area contributed by atoms with E-state index < -0.39 is 0 Å². The lowest BCUT2D eigenvalue weighted by molar-refractivity contribution is -0.123. The van der Waals surface area contributed by atoms with Gasteiger partial charge < -0.3 is 15.0 Å². The number of nitrogens with one attached hydrogen (secondary N) is 1. The molecular weight excluding hydrogens is 374 g/mol. The smallest absolute Gasteiger partial charge is 0.258 e. The fourth-order valence-corrected chi connectivity index (χ4v) is 4.24. The summed E-state index contributed by atoms with van der Waals surface area (Å²) in [5.41, 5.74) is 1.86. The minimum atomic E-state index is -0.148. The van der Waals surface area contributed by atoms with Crippen LogP contribution < -0.4 is 15.0 Å². The largest absolute Gasteiger partial charge is 0.481 e. The topological polar surface area (TPSA) is 54.5 Å². The highest BCUT2D eigenvalue weighted by Crippen LogP contribution is 2.29. The first-order valence-corrected chi connectivity index (χ1v) is 10.7. The van der Waals surface area contributed by atoms with Crippen LogP contribution in [-0.4, -0.2) is 30.6 Å². The predicted octanol–water partition coefficient (Wildman–Crippen LogP) is 4.41. The Morgan fingerprint density at radius 2 is 1.80 bits per heavy atom. The van der Waals surface area contributed by atoms with Crippen LogP contribution in [0.5, 0.6) is 5.75 Å². The summed E-state index contributed by atoms with van der Waals surface area (Å²) >= 11 is 0. The lowest BCUT2D eigenvalue weighted by Gasteiger charge is -2.35. The van der Waals surface area contributed by atoms with Crippen molar-refractivity contribution in [2.24, 2.45) is 11.8 Å². The lowest BCUT2D eigenvalue weighted by atomic mass is 9.92. The van der Waals surface area contributed by atoms with Gasteiger partial charge in [0.2, 0.25) is 0 Å². The van der Waals surface area contributed by atoms with Gasteiger partial charge in [-0.2, -0.15) is 0 Å². The van der Waals surface area contributed by atoms with Gasteiger partial charge in [0.05, 0.1) is 0 Å². The number of aromatic nitrogens is 1. The molecule has 1 aliphatic heterocycles. The summed E-state index contributed by atoms with van der Waals surface area (Å²) in [6.07, 6.45) is 1.26. The molecule has 1 N–H and O–H groups in total. The van der Waals surface area contributed by atoms with Crippen LogP contribution in [-0.2, 0) is 11.3 Å². The van der Waals surface area contributed by atoms with Crippen LogP contribution in [0.4, 0.5) is 5.82 Å². The summed E-state index contributed by atoms with van der Waals surface area (Å²) in [5, 5.41) is 3.91. The highest BCUT2D eigenvalue weighted by molar-refractivity contribution is 5.86. The van der Waals surface area contributed by atoms with Crippen molar-refractivity contribution in [3.05, 3.63) is 66.2 Å². The van der Waals surface area contributed by atoms with Crippen molar-refractivity contribution in [2.45, 2.75) is 26.8 Å². The number of amides is 1. The fourth-order valence-electron chi connectivity index (χ4n) is 4.24. The number of fused-ring (bicyclic) bond motifs is 1. The zero-order valence-electron chi connectivity index (χ0n) is 17.7. The van der Waals surface area contributed by atoms with Gasteiger partial charge in [-0.1, -0.05) is 56.3 Å². The second-order valence-electron chi connectivity index (χ2n) is 8.40. The minimum Gasteiger partial charge on any atom is -0.481 e. The Morgan fingerprint density at radius 3 is 2.57 bits per heavy atom. The van der Waals surface area contributed by atoms with Crippen LogP contribution >= 0.6 is 0 Å². The number of ether oxygens (including phenoxy) is 1. The number of para-hydroxylation sites is 1. The van der Waals surface area contributed by atoms with Gasteiger partial charge in [-0.15, -0.1) is 0 Å². The molecule has 2 heterocycles. The highest BCUT2D eigenvalue weighted by Gasteiger charge is 2.23. The van der Waals surface area contributed by atoms with E-state index in [1.165, 1.54) is 6.42 Å². The maximum Gasteiger partial charge on any atom is 0.258 e. The Kier molecular flexibility index (Phi) is 6.17. The molecule has 5 nitrogen and oxygen atoms in total. The van der Waals surface area contributed by atoms with E-state index in [0.29, 0.717) is 24.1 Å². The molecule has 2 aromatic carbocycles. The number of carbonyl (C=O) groups excluding carboxylic acids is 1. The highest BCUT2D eigenvalue weighted by atomic mass is 16.5. The van der Waals surface area contributed by atoms with Gasteiger partial charge in [-0.05, 0) is 42.0 Å². The van der Waals surface area contributed by atoms with Gasteiger partial charge in [0.1, 0.15) is 17.1 Å². The zero-order valence-corrected chi connectivity index (χ0v) is 17.7. The van der Waals surface area contributed by atoms with E-state index >= 15 is 0 Å². The minimum absolute atomic E-state index is 0.0321. The number of nitrogens with zero attached hydrogens (tertiary/aromatic N) is 2. The first-order valence-electron chi connectivity index (χ1n) is 10.7. The number of rotatable bonds is 6. The van der Waals surface area contributed by atoms with Gasteiger partial charge in [0.15, 0.2) is 6.61 Å². The molecule has 2 atom stereocenters. The molecule has 156 valence electrons. The van der Waals surface area contributed by atoms with Gasteiger partial charge in [0.25, 0.3) is 5.91 Å². The quantitative estimate of drug-likeness (QED) is 0.662. The molecule has 5 heteroatoms. The fraction of sp³-hybridized carbons (Fsp3) is 0.360. The monoisotopic (exact) mass is 403 g/mol. The Bertz CT molecular complexity index is 996. The second kappa shape index (κ2) is 9.16. The number of piperidine rings is 1. The zero-order chi connectivity index (χ0) is 20.9. The lowest BCUT2D eigenvalue weighted by Crippen LogP contribution is -2.39. The average Bonchev–Trinajstić information content (AvgIpc) is 2.76. The van der Waals surface area contributed by atoms with Gasteiger partial charge in [-0.25, -0.2) is 4.98 Å². The van der Waals surface area contributed by atoms with Crippen LogP contribution in [0.3, 0.4) is 0 Å². The first kappa shape index (κ1) is 20.2. The van der Waals surface area contributed by atoms with E-state index in [1.807, 2.05) is 48.5 Å². The summed E-state index contributed by atoms with van der Waals surface area (Å²) in [5.74, 6) is 2.79. The molecule has 0 bridgehead atoms. The molecule has 4 rings (SSSR count). The summed E-state index contributed by atoms with van der Waals surface area (Å²) < 4.78 is 5.86. The van der Waals surface area contributed by atoms with E-state index in [-0.39, 0.29) is 12.5 Å². The molecule has 0 saturated carbocycles. The van der Waals surface area contributed by atoms with Crippen LogP contribution in [0.15, 0.2) is 60.7 Å². The molecule has 2 unspecified atom stereocenters. The van der Waals surface area contributed by atoms with Crippen molar-refractivity contribution in [3.63, 3.8) is 0 Å². The van der Waals surface area contributed by atoms with E-state index in [0.717, 1.165) is 35.4 Å². The van der Waals surface area contributed by atoms with Crippen molar-refractivity contribution in [1.29, 1.82) is 0 Å². The molecule has 0 radical (unpaired) electrons. The predicted molar refractivity (Wildman–Crippen MR) is 121 cm³/mol. The summed E-state index contributed by atoms with van der Waals surface area (Å²) in [7, 11) is 0. The van der Waals surface area contributed by atoms with Gasteiger partial charge in [-0.3, -0.25) is 4.79 Å². The number of benzene rings is 2. The molecule has 1 aliphatic rings. The van der Waals surface area contributed by atoms with Gasteiger partial charge in [0, 0.05) is 25.0 Å². The van der Waals surface area contributed by atoms with E-state index in [2.05, 4.69) is 36.2 Å². The van der Waals surface area contributed by atoms with Crippen molar-refractivity contribution < 1.29 is 9.53 Å². The van der Waals surface area contributed by atoms with Crippen LogP contribution in [0, 0.1) is 11.8 Å². The summed E-state index contributed by atoms with van der Waals surface area (Å²) in [6.45, 7) is 7.10. The number of pyridine rings is 1. The summed E-state index contributed by atoms with van der Waals surface area (Å²) in [4.78, 5) is 19.5. The van der Waals surface area contributed by atoms with Crippen LogP contribution in [0.2, 0.25) is 0 Å². The van der Waals surface area contributed by atoms with Crippen LogP contribution in [0.1, 0.15) is 25.8 Å². The molecule has 30 heavy (non-hydrogen) atoms. The van der Waals surface area contributed by atoms with E-state index in [4.69, 9.17) is 9.72 Å². The van der Waals surface area contributed by atoms with Crippen molar-refractivity contribution in [1.82, 2.24) is 10.3 Å². The van der Waals surface area contributed by atoms with Gasteiger partial charge >= 0.3 is 0 Å². The summed E-state index contributed by atoms with van der Waals surface area (Å²) in [6, 6.07) is 19.9. The number of hydrogen-bond donors (Lipinski definition) is 1. The average molecular weight is 404 g/mol. The Labute approximate surface area is 178 Å². The number of carbonyl (C=O) groups is 1. The number of hydrogen-bond acceptors (Lipinski definition) is 4. The Hall–Kier alpha value is -3.08. The third-order valence-corrected chi connectivity index (χ3v) is 5.55.